The van der Waals surface area contributed by atoms with Crippen molar-refractivity contribution >= 4 is 34.0 Å². The monoisotopic (exact) mass is 396 g/mol. The number of hydrogen-bond acceptors (Lipinski definition) is 3. The second kappa shape index (κ2) is 11.1. The van der Waals surface area contributed by atoms with Crippen LogP contribution in [0.25, 0.3) is 10.2 Å². The molecule has 1 aliphatic rings. The summed E-state index contributed by atoms with van der Waals surface area (Å²) in [5.74, 6) is 0. The van der Waals surface area contributed by atoms with Crippen LogP contribution in [0.5, 0.6) is 0 Å². The fraction of sp³-hybridized carbons (Fsp3) is 0.667. The van der Waals surface area contributed by atoms with E-state index in [0.29, 0.717) is 0 Å². The Balaban J connectivity index is 0.00000243. The summed E-state index contributed by atoms with van der Waals surface area (Å²) in [6, 6.07) is 6.55. The number of nitrogens with zero attached hydrogens (tertiary/aromatic N) is 2. The van der Waals surface area contributed by atoms with Crippen molar-refractivity contribution in [3.8, 4) is 0 Å². The van der Waals surface area contributed by atoms with Gasteiger partial charge in [0.05, 0.1) is 10.2 Å². The molecule has 1 aromatic carbocycles. The van der Waals surface area contributed by atoms with E-state index in [-0.39, 0.29) is 17.3 Å². The molecule has 0 N–H and O–H groups in total. The van der Waals surface area contributed by atoms with E-state index in [0.717, 1.165) is 36.0 Å². The first kappa shape index (κ1) is 21.5. The molecular weight excluding hydrogens is 364 g/mol. The summed E-state index contributed by atoms with van der Waals surface area (Å²) < 4.78 is 3.14. The Morgan fingerprint density at radius 3 is 2.46 bits per heavy atom. The van der Waals surface area contributed by atoms with Gasteiger partial charge in [-0.05, 0) is 69.4 Å². The smallest absolute Gasteiger partial charge is 0.303 e. The molecule has 5 heteroatoms. The van der Waals surface area contributed by atoms with E-state index in [1.165, 1.54) is 75.1 Å². The van der Waals surface area contributed by atoms with Crippen molar-refractivity contribution < 1.29 is 0 Å². The summed E-state index contributed by atoms with van der Waals surface area (Å²) in [6.45, 7) is 6.87. The number of hydrogen-bond donors (Lipinski definition) is 0. The Labute approximate surface area is 167 Å². The highest BCUT2D eigenvalue weighted by Gasteiger charge is 2.10. The SMILES string of the molecule is CCCc1ccc2c(c1)sc(=O)n2CCCCCN1CCCCCC1.Cl. The Hall–Kier alpha value is -0.840. The van der Waals surface area contributed by atoms with Gasteiger partial charge in [0.25, 0.3) is 0 Å². The van der Waals surface area contributed by atoms with Crippen LogP contribution < -0.4 is 4.87 Å². The number of thiazole rings is 1. The topological polar surface area (TPSA) is 25.2 Å². The molecular formula is C21H33ClN2OS. The molecule has 1 aromatic heterocycles. The molecule has 3 nitrogen and oxygen atoms in total. The third kappa shape index (κ3) is 5.83. The van der Waals surface area contributed by atoms with E-state index in [9.17, 15) is 4.79 Å². The molecule has 3 rings (SSSR count). The lowest BCUT2D eigenvalue weighted by atomic mass is 10.1. The molecule has 0 radical (unpaired) electrons. The number of aromatic nitrogens is 1. The van der Waals surface area contributed by atoms with Gasteiger partial charge in [0.1, 0.15) is 0 Å². The summed E-state index contributed by atoms with van der Waals surface area (Å²) in [6.07, 6.45) is 11.4. The van der Waals surface area contributed by atoms with E-state index in [2.05, 4.69) is 30.0 Å². The van der Waals surface area contributed by atoms with Gasteiger partial charge in [0.15, 0.2) is 0 Å². The molecule has 26 heavy (non-hydrogen) atoms. The maximum absolute atomic E-state index is 12.3. The average molecular weight is 397 g/mol. The molecule has 0 aliphatic carbocycles. The van der Waals surface area contributed by atoms with Gasteiger partial charge in [-0.3, -0.25) is 9.36 Å². The van der Waals surface area contributed by atoms with Crippen molar-refractivity contribution in [2.75, 3.05) is 19.6 Å². The molecule has 0 unspecified atom stereocenters. The van der Waals surface area contributed by atoms with E-state index >= 15 is 0 Å². The third-order valence-electron chi connectivity index (χ3n) is 5.33. The van der Waals surface area contributed by atoms with Gasteiger partial charge in [-0.2, -0.15) is 0 Å². The molecule has 0 bridgehead atoms. The highest BCUT2D eigenvalue weighted by atomic mass is 35.5. The van der Waals surface area contributed by atoms with Crippen molar-refractivity contribution in [2.45, 2.75) is 71.3 Å². The van der Waals surface area contributed by atoms with E-state index in [1.54, 1.807) is 0 Å². The Morgan fingerprint density at radius 1 is 1.00 bits per heavy atom. The molecule has 2 heterocycles. The highest BCUT2D eigenvalue weighted by molar-refractivity contribution is 7.16. The zero-order valence-electron chi connectivity index (χ0n) is 16.0. The van der Waals surface area contributed by atoms with Crippen molar-refractivity contribution in [3.05, 3.63) is 33.4 Å². The molecule has 1 saturated heterocycles. The molecule has 1 aliphatic heterocycles. The van der Waals surface area contributed by atoms with Gasteiger partial charge in [0.2, 0.25) is 0 Å². The summed E-state index contributed by atoms with van der Waals surface area (Å²) in [7, 11) is 0. The van der Waals surface area contributed by atoms with Crippen LogP contribution in [-0.4, -0.2) is 29.1 Å². The summed E-state index contributed by atoms with van der Waals surface area (Å²) >= 11 is 1.41. The van der Waals surface area contributed by atoms with Crippen LogP contribution in [0.15, 0.2) is 23.0 Å². The summed E-state index contributed by atoms with van der Waals surface area (Å²) in [5.41, 5.74) is 2.48. The van der Waals surface area contributed by atoms with Crippen LogP contribution in [0.1, 0.15) is 63.9 Å². The molecule has 146 valence electrons. The Morgan fingerprint density at radius 2 is 1.73 bits per heavy atom. The van der Waals surface area contributed by atoms with E-state index < -0.39 is 0 Å². The van der Waals surface area contributed by atoms with Crippen LogP contribution >= 0.6 is 23.7 Å². The number of fused-ring (bicyclic) bond motifs is 1. The third-order valence-corrected chi connectivity index (χ3v) is 6.27. The quantitative estimate of drug-likeness (QED) is 0.551. The minimum absolute atomic E-state index is 0. The predicted molar refractivity (Wildman–Crippen MR) is 116 cm³/mol. The van der Waals surface area contributed by atoms with Crippen LogP contribution in [0.3, 0.4) is 0 Å². The number of benzene rings is 1. The maximum Gasteiger partial charge on any atom is 0.308 e. The molecule has 0 spiro atoms. The molecule has 2 aromatic rings. The first-order chi connectivity index (χ1) is 12.3. The van der Waals surface area contributed by atoms with Gasteiger partial charge in [-0.15, -0.1) is 12.4 Å². The van der Waals surface area contributed by atoms with Crippen LogP contribution in [0.4, 0.5) is 0 Å². The minimum atomic E-state index is 0. The lowest BCUT2D eigenvalue weighted by molar-refractivity contribution is 0.277. The molecule has 0 atom stereocenters. The second-order valence-electron chi connectivity index (χ2n) is 7.39. The van der Waals surface area contributed by atoms with Crippen LogP contribution in [0, 0.1) is 0 Å². The second-order valence-corrected chi connectivity index (χ2v) is 8.38. The van der Waals surface area contributed by atoms with Crippen molar-refractivity contribution in [1.29, 1.82) is 0 Å². The van der Waals surface area contributed by atoms with Crippen LogP contribution in [-0.2, 0) is 13.0 Å². The van der Waals surface area contributed by atoms with Crippen molar-refractivity contribution in [3.63, 3.8) is 0 Å². The number of rotatable bonds is 8. The summed E-state index contributed by atoms with van der Waals surface area (Å²) in [5, 5.41) is 0. The molecule has 0 amide bonds. The zero-order chi connectivity index (χ0) is 17.5. The van der Waals surface area contributed by atoms with Gasteiger partial charge >= 0.3 is 4.87 Å². The first-order valence-corrected chi connectivity index (χ1v) is 10.9. The van der Waals surface area contributed by atoms with E-state index in [4.69, 9.17) is 0 Å². The number of likely N-dealkylation sites (tertiary alicyclic amines) is 1. The van der Waals surface area contributed by atoms with Gasteiger partial charge in [0, 0.05) is 6.54 Å². The Kier molecular flexibility index (Phi) is 9.17. The molecule has 0 saturated carbocycles. The largest absolute Gasteiger partial charge is 0.308 e. The van der Waals surface area contributed by atoms with Crippen molar-refractivity contribution in [1.82, 2.24) is 9.47 Å². The minimum Gasteiger partial charge on any atom is -0.303 e. The fourth-order valence-electron chi connectivity index (χ4n) is 3.91. The highest BCUT2D eigenvalue weighted by Crippen LogP contribution is 2.20. The summed E-state index contributed by atoms with van der Waals surface area (Å²) in [4.78, 5) is 15.2. The predicted octanol–water partition coefficient (Wildman–Crippen LogP) is 5.48. The number of halogens is 1. The molecule has 1 fully saturated rings. The lowest BCUT2D eigenvalue weighted by Gasteiger charge is -2.19. The average Bonchev–Trinajstić information content (AvgIpc) is 2.77. The van der Waals surface area contributed by atoms with E-state index in [1.807, 2.05) is 4.57 Å². The number of aryl methyl sites for hydroxylation is 2. The lowest BCUT2D eigenvalue weighted by Crippen LogP contribution is -2.25. The van der Waals surface area contributed by atoms with Crippen molar-refractivity contribution in [2.24, 2.45) is 0 Å². The zero-order valence-corrected chi connectivity index (χ0v) is 17.7. The van der Waals surface area contributed by atoms with Gasteiger partial charge < -0.3 is 4.90 Å². The number of unbranched alkanes of at least 4 members (excludes halogenated alkanes) is 2. The standard InChI is InChI=1S/C21H32N2OS.ClH/c1-2-10-18-11-12-19-20(17-18)25-21(24)23(19)16-9-5-8-15-22-13-6-3-4-7-14-22;/h11-12,17H,2-10,13-16H2,1H3;1H. The maximum atomic E-state index is 12.3. The Bertz CT molecular complexity index is 716. The van der Waals surface area contributed by atoms with Crippen LogP contribution in [0.2, 0.25) is 0 Å². The first-order valence-electron chi connectivity index (χ1n) is 10.1. The normalized spacial score (nSPS) is 15.7. The van der Waals surface area contributed by atoms with Gasteiger partial charge in [-0.1, -0.05) is 50.0 Å². The fourth-order valence-corrected chi connectivity index (χ4v) is 4.89. The van der Waals surface area contributed by atoms with Gasteiger partial charge in [-0.25, -0.2) is 0 Å².